The van der Waals surface area contributed by atoms with Gasteiger partial charge in [0.05, 0.1) is 0 Å². The molecule has 0 saturated carbocycles. The summed E-state index contributed by atoms with van der Waals surface area (Å²) in [7, 11) is -5.50. The monoisotopic (exact) mass is 329 g/mol. The van der Waals surface area contributed by atoms with Crippen molar-refractivity contribution >= 4 is 16.0 Å². The lowest BCUT2D eigenvalue weighted by Crippen LogP contribution is -2.37. The van der Waals surface area contributed by atoms with E-state index in [4.69, 9.17) is 4.74 Å². The first-order valence-corrected chi connectivity index (χ1v) is 7.04. The minimum atomic E-state index is -5.50. The molecule has 10 heteroatoms. The van der Waals surface area contributed by atoms with E-state index in [2.05, 4.69) is 0 Å². The van der Waals surface area contributed by atoms with E-state index in [-0.39, 0.29) is 11.3 Å². The maximum Gasteiger partial charge on any atom is 0.511 e. The molecule has 118 valence electrons. The highest BCUT2D eigenvalue weighted by atomic mass is 32.2. The fourth-order valence-electron chi connectivity index (χ4n) is 1.42. The van der Waals surface area contributed by atoms with Gasteiger partial charge in [-0.05, 0) is 18.6 Å². The van der Waals surface area contributed by atoms with E-state index in [0.717, 1.165) is 13.0 Å². The van der Waals surface area contributed by atoms with Gasteiger partial charge in [-0.3, -0.25) is 4.79 Å². The van der Waals surface area contributed by atoms with Gasteiger partial charge in [0.25, 0.3) is 0 Å². The molecule has 0 radical (unpaired) electrons. The number of benzene rings is 1. The van der Waals surface area contributed by atoms with Gasteiger partial charge in [0, 0.05) is 19.0 Å². The van der Waals surface area contributed by atoms with E-state index in [1.165, 1.54) is 16.9 Å². The number of esters is 1. The maximum absolute atomic E-state index is 13.6. The predicted octanol–water partition coefficient (Wildman–Crippen LogP) is 1.73. The number of halogens is 4. The lowest BCUT2D eigenvalue weighted by atomic mass is 10.1. The molecule has 0 saturated heterocycles. The number of sulfonamides is 1. The first-order chi connectivity index (χ1) is 9.54. The van der Waals surface area contributed by atoms with E-state index < -0.39 is 40.3 Å². The van der Waals surface area contributed by atoms with Crippen molar-refractivity contribution in [1.82, 2.24) is 4.72 Å². The Morgan fingerprint density at radius 3 is 2.48 bits per heavy atom. The van der Waals surface area contributed by atoms with Crippen molar-refractivity contribution in [1.29, 1.82) is 0 Å². The normalized spacial score (nSPS) is 12.2. The molecule has 0 fully saturated rings. The molecule has 0 spiro atoms. The number of carbonyl (C=O) groups excluding carboxylic acids is 1. The van der Waals surface area contributed by atoms with Crippen molar-refractivity contribution in [3.8, 4) is 5.75 Å². The third-order valence-corrected chi connectivity index (χ3v) is 3.49. The van der Waals surface area contributed by atoms with Crippen LogP contribution in [0, 0.1) is 5.82 Å². The largest absolute Gasteiger partial charge is 0.511 e. The number of ether oxygens (including phenoxy) is 1. The Labute approximate surface area is 118 Å². The Morgan fingerprint density at radius 1 is 1.33 bits per heavy atom. The molecule has 1 N–H and O–H groups in total. The van der Waals surface area contributed by atoms with Gasteiger partial charge in [-0.2, -0.15) is 13.2 Å². The summed E-state index contributed by atoms with van der Waals surface area (Å²) in [6.07, 6.45) is -0.412. The number of nitrogens with one attached hydrogen (secondary N) is 1. The second-order valence-electron chi connectivity index (χ2n) is 3.90. The number of carbonyl (C=O) groups is 1. The average molecular weight is 329 g/mol. The highest BCUT2D eigenvalue weighted by Gasteiger charge is 2.45. The average Bonchev–Trinajstić information content (AvgIpc) is 2.30. The van der Waals surface area contributed by atoms with E-state index in [0.29, 0.717) is 0 Å². The molecule has 0 heterocycles. The van der Waals surface area contributed by atoms with Crippen LogP contribution in [0.15, 0.2) is 18.2 Å². The van der Waals surface area contributed by atoms with E-state index >= 15 is 0 Å². The Morgan fingerprint density at radius 2 is 1.95 bits per heavy atom. The van der Waals surface area contributed by atoms with Crippen LogP contribution in [0.4, 0.5) is 17.6 Å². The lowest BCUT2D eigenvalue weighted by Gasteiger charge is -2.12. The first kappa shape index (κ1) is 17.4. The van der Waals surface area contributed by atoms with Crippen LogP contribution >= 0.6 is 0 Å². The van der Waals surface area contributed by atoms with Crippen molar-refractivity contribution in [2.45, 2.75) is 18.9 Å². The summed E-state index contributed by atoms with van der Waals surface area (Å²) >= 11 is 0. The standard InChI is InChI=1S/C11H11F4NO4S/c1-7(17)20-10-4-2-3-9(12)8(10)5-6-16-21(18,19)11(13,14)15/h2-4,16H,5-6H2,1H3. The highest BCUT2D eigenvalue weighted by Crippen LogP contribution is 2.24. The maximum atomic E-state index is 13.6. The van der Waals surface area contributed by atoms with Crippen molar-refractivity contribution in [3.63, 3.8) is 0 Å². The van der Waals surface area contributed by atoms with Crippen LogP contribution in [0.25, 0.3) is 0 Å². The van der Waals surface area contributed by atoms with Crippen LogP contribution in [-0.4, -0.2) is 26.4 Å². The van der Waals surface area contributed by atoms with Gasteiger partial charge >= 0.3 is 21.5 Å². The lowest BCUT2D eigenvalue weighted by molar-refractivity contribution is -0.131. The summed E-state index contributed by atoms with van der Waals surface area (Å²) in [6.45, 7) is 0.373. The molecule has 0 unspecified atom stereocenters. The quantitative estimate of drug-likeness (QED) is 0.507. The molecule has 0 aromatic heterocycles. The van der Waals surface area contributed by atoms with Gasteiger partial charge in [0.1, 0.15) is 11.6 Å². The molecule has 0 amide bonds. The summed E-state index contributed by atoms with van der Waals surface area (Å²) < 4.78 is 77.4. The summed E-state index contributed by atoms with van der Waals surface area (Å²) in [5.41, 5.74) is -5.64. The van der Waals surface area contributed by atoms with Crippen molar-refractivity contribution in [2.24, 2.45) is 0 Å². The van der Waals surface area contributed by atoms with Gasteiger partial charge in [0.2, 0.25) is 0 Å². The summed E-state index contributed by atoms with van der Waals surface area (Å²) in [6, 6.07) is 3.51. The summed E-state index contributed by atoms with van der Waals surface area (Å²) in [5.74, 6) is -1.73. The first-order valence-electron chi connectivity index (χ1n) is 5.56. The number of alkyl halides is 3. The molecule has 1 aromatic rings. The zero-order valence-corrected chi connectivity index (χ0v) is 11.5. The molecule has 0 bridgehead atoms. The third kappa shape index (κ3) is 4.67. The van der Waals surface area contributed by atoms with Crippen molar-refractivity contribution in [3.05, 3.63) is 29.6 Å². The minimum Gasteiger partial charge on any atom is -0.426 e. The summed E-state index contributed by atoms with van der Waals surface area (Å²) in [4.78, 5) is 10.8. The van der Waals surface area contributed by atoms with Crippen LogP contribution in [0.1, 0.15) is 12.5 Å². The molecular weight excluding hydrogens is 318 g/mol. The van der Waals surface area contributed by atoms with Crippen LogP contribution in [0.2, 0.25) is 0 Å². The SMILES string of the molecule is CC(=O)Oc1cccc(F)c1CCNS(=O)(=O)C(F)(F)F. The van der Waals surface area contributed by atoms with Gasteiger partial charge in [0.15, 0.2) is 0 Å². The number of rotatable bonds is 5. The second-order valence-corrected chi connectivity index (χ2v) is 5.66. The van der Waals surface area contributed by atoms with Crippen LogP contribution in [-0.2, 0) is 21.2 Å². The second kappa shape index (κ2) is 6.39. The molecule has 0 atom stereocenters. The molecule has 0 aliphatic carbocycles. The van der Waals surface area contributed by atoms with Crippen LogP contribution < -0.4 is 9.46 Å². The number of hydrogen-bond donors (Lipinski definition) is 1. The summed E-state index contributed by atoms with van der Waals surface area (Å²) in [5, 5.41) is 0. The Bertz CT molecular complexity index is 628. The van der Waals surface area contributed by atoms with Crippen LogP contribution in [0.3, 0.4) is 0 Å². The smallest absolute Gasteiger partial charge is 0.426 e. The zero-order valence-electron chi connectivity index (χ0n) is 10.7. The highest BCUT2D eigenvalue weighted by molar-refractivity contribution is 7.90. The predicted molar refractivity (Wildman–Crippen MR) is 64.4 cm³/mol. The van der Waals surface area contributed by atoms with Crippen molar-refractivity contribution in [2.75, 3.05) is 6.54 Å². The Kier molecular flexibility index (Phi) is 5.29. The number of hydrogen-bond acceptors (Lipinski definition) is 4. The Hall–Kier alpha value is -1.68. The zero-order chi connectivity index (χ0) is 16.3. The third-order valence-electron chi connectivity index (χ3n) is 2.30. The van der Waals surface area contributed by atoms with Crippen molar-refractivity contribution < 1.29 is 35.5 Å². The molecular formula is C11H11F4NO4S. The molecule has 21 heavy (non-hydrogen) atoms. The van der Waals surface area contributed by atoms with E-state index in [1.54, 1.807) is 0 Å². The fourth-order valence-corrected chi connectivity index (χ4v) is 1.96. The van der Waals surface area contributed by atoms with Crippen LogP contribution in [0.5, 0.6) is 5.75 Å². The van der Waals surface area contributed by atoms with E-state index in [1.807, 2.05) is 0 Å². The fraction of sp³-hybridized carbons (Fsp3) is 0.364. The Balaban J connectivity index is 2.83. The van der Waals surface area contributed by atoms with E-state index in [9.17, 15) is 30.8 Å². The molecule has 1 aromatic carbocycles. The topological polar surface area (TPSA) is 72.5 Å². The van der Waals surface area contributed by atoms with Gasteiger partial charge in [-0.25, -0.2) is 17.5 Å². The minimum absolute atomic E-state index is 0.172. The molecule has 0 aliphatic heterocycles. The van der Waals surface area contributed by atoms with Gasteiger partial charge in [-0.1, -0.05) is 6.07 Å². The molecule has 1 rings (SSSR count). The van der Waals surface area contributed by atoms with Gasteiger partial charge < -0.3 is 4.74 Å². The molecule has 5 nitrogen and oxygen atoms in total. The molecule has 0 aliphatic rings. The van der Waals surface area contributed by atoms with Gasteiger partial charge in [-0.15, -0.1) is 0 Å².